The Labute approximate surface area is 117 Å². The maximum Gasteiger partial charge on any atom is 0.405 e. The van der Waals surface area contributed by atoms with Crippen LogP contribution in [0.15, 0.2) is 10.7 Å². The van der Waals surface area contributed by atoms with Gasteiger partial charge in [0.15, 0.2) is 0 Å². The van der Waals surface area contributed by atoms with Crippen LogP contribution in [0.25, 0.3) is 0 Å². The van der Waals surface area contributed by atoms with E-state index in [2.05, 4.69) is 31.2 Å². The number of halogens is 4. The Kier molecular flexibility index (Phi) is 5.80. The predicted molar refractivity (Wildman–Crippen MR) is 69.2 cm³/mol. The summed E-state index contributed by atoms with van der Waals surface area (Å²) in [4.78, 5) is 8.89. The molecule has 0 saturated heterocycles. The first kappa shape index (κ1) is 16.0. The SMILES string of the molecule is CCNc1ncc(Br)c(N(CCO)CC(F)(F)F)n1. The predicted octanol–water partition coefficient (Wildman–Crippen LogP) is 2.03. The van der Waals surface area contributed by atoms with Gasteiger partial charge in [-0.3, -0.25) is 0 Å². The highest BCUT2D eigenvalue weighted by Crippen LogP contribution is 2.27. The summed E-state index contributed by atoms with van der Waals surface area (Å²) < 4.78 is 37.8. The fourth-order valence-electron chi connectivity index (χ4n) is 1.42. The third-order valence-electron chi connectivity index (χ3n) is 2.10. The molecule has 0 aliphatic carbocycles. The summed E-state index contributed by atoms with van der Waals surface area (Å²) in [5.41, 5.74) is 0. The summed E-state index contributed by atoms with van der Waals surface area (Å²) in [6.45, 7) is 0.630. The number of aromatic nitrogens is 2. The van der Waals surface area contributed by atoms with E-state index in [1.165, 1.54) is 6.20 Å². The number of nitrogens with zero attached hydrogens (tertiary/aromatic N) is 3. The number of aliphatic hydroxyl groups is 1. The summed E-state index contributed by atoms with van der Waals surface area (Å²) in [5.74, 6) is 0.336. The van der Waals surface area contributed by atoms with Crippen molar-refractivity contribution in [2.45, 2.75) is 13.1 Å². The molecule has 1 aromatic heterocycles. The Bertz CT molecular complexity index is 416. The lowest BCUT2D eigenvalue weighted by Gasteiger charge is -2.25. The Morgan fingerprint density at radius 3 is 2.68 bits per heavy atom. The fourth-order valence-corrected chi connectivity index (χ4v) is 1.86. The van der Waals surface area contributed by atoms with E-state index in [9.17, 15) is 13.2 Å². The van der Waals surface area contributed by atoms with Gasteiger partial charge >= 0.3 is 6.18 Å². The van der Waals surface area contributed by atoms with Crippen LogP contribution in [-0.2, 0) is 0 Å². The lowest BCUT2D eigenvalue weighted by atomic mass is 10.4. The maximum absolute atomic E-state index is 12.5. The van der Waals surface area contributed by atoms with Crippen molar-refractivity contribution in [1.82, 2.24) is 9.97 Å². The van der Waals surface area contributed by atoms with Gasteiger partial charge < -0.3 is 15.3 Å². The van der Waals surface area contributed by atoms with Gasteiger partial charge in [0.2, 0.25) is 5.95 Å². The second-order valence-corrected chi connectivity index (χ2v) is 4.51. The third kappa shape index (κ3) is 5.19. The van der Waals surface area contributed by atoms with Crippen LogP contribution in [-0.4, -0.2) is 47.5 Å². The molecule has 9 heteroatoms. The first-order valence-corrected chi connectivity index (χ1v) is 6.35. The lowest BCUT2D eigenvalue weighted by Crippen LogP contribution is -2.37. The number of aliphatic hydroxyl groups excluding tert-OH is 1. The first-order chi connectivity index (χ1) is 8.87. The van der Waals surface area contributed by atoms with E-state index in [1.54, 1.807) is 0 Å². The van der Waals surface area contributed by atoms with E-state index in [0.29, 0.717) is 11.0 Å². The van der Waals surface area contributed by atoms with Crippen LogP contribution in [0.2, 0.25) is 0 Å². The average molecular weight is 343 g/mol. The van der Waals surface area contributed by atoms with Gasteiger partial charge in [0.1, 0.15) is 12.4 Å². The van der Waals surface area contributed by atoms with Crippen LogP contribution in [0.4, 0.5) is 24.9 Å². The van der Waals surface area contributed by atoms with Crippen LogP contribution < -0.4 is 10.2 Å². The monoisotopic (exact) mass is 342 g/mol. The van der Waals surface area contributed by atoms with Gasteiger partial charge in [0, 0.05) is 19.3 Å². The van der Waals surface area contributed by atoms with Gasteiger partial charge in [-0.15, -0.1) is 0 Å². The lowest BCUT2D eigenvalue weighted by molar-refractivity contribution is -0.120. The molecule has 1 rings (SSSR count). The van der Waals surface area contributed by atoms with Crippen molar-refractivity contribution in [2.75, 3.05) is 36.5 Å². The van der Waals surface area contributed by atoms with E-state index in [4.69, 9.17) is 5.11 Å². The standard InChI is InChI=1S/C10H14BrF3N4O/c1-2-15-9-16-5-7(11)8(17-9)18(3-4-19)6-10(12,13)14/h5,19H,2-4,6H2,1H3,(H,15,16,17). The number of hydrogen-bond donors (Lipinski definition) is 2. The largest absolute Gasteiger partial charge is 0.405 e. The number of alkyl halides is 3. The molecule has 1 aromatic rings. The molecule has 0 saturated carbocycles. The highest BCUT2D eigenvalue weighted by Gasteiger charge is 2.32. The Hall–Kier alpha value is -1.09. The Balaban J connectivity index is 3.03. The molecule has 5 nitrogen and oxygen atoms in total. The van der Waals surface area contributed by atoms with Gasteiger partial charge in [0.05, 0.1) is 11.1 Å². The summed E-state index contributed by atoms with van der Waals surface area (Å²) >= 11 is 3.12. The Morgan fingerprint density at radius 1 is 1.47 bits per heavy atom. The summed E-state index contributed by atoms with van der Waals surface area (Å²) in [5, 5.41) is 11.7. The van der Waals surface area contributed by atoms with Crippen molar-refractivity contribution < 1.29 is 18.3 Å². The minimum atomic E-state index is -4.38. The minimum Gasteiger partial charge on any atom is -0.395 e. The molecule has 19 heavy (non-hydrogen) atoms. The molecule has 0 aliphatic rings. The molecule has 0 amide bonds. The number of rotatable bonds is 6. The molecule has 0 bridgehead atoms. The second kappa shape index (κ2) is 6.90. The average Bonchev–Trinajstić information content (AvgIpc) is 2.30. The summed E-state index contributed by atoms with van der Waals surface area (Å²) in [7, 11) is 0. The molecular weight excluding hydrogens is 329 g/mol. The molecule has 108 valence electrons. The van der Waals surface area contributed by atoms with Gasteiger partial charge in [-0.05, 0) is 22.9 Å². The molecule has 2 N–H and O–H groups in total. The number of hydrogen-bond acceptors (Lipinski definition) is 5. The van der Waals surface area contributed by atoms with Crippen molar-refractivity contribution in [3.05, 3.63) is 10.7 Å². The van der Waals surface area contributed by atoms with E-state index in [1.807, 2.05) is 6.92 Å². The smallest absolute Gasteiger partial charge is 0.395 e. The van der Waals surface area contributed by atoms with E-state index in [0.717, 1.165) is 4.90 Å². The molecular formula is C10H14BrF3N4O. The second-order valence-electron chi connectivity index (χ2n) is 3.66. The third-order valence-corrected chi connectivity index (χ3v) is 2.66. The van der Waals surface area contributed by atoms with E-state index >= 15 is 0 Å². The van der Waals surface area contributed by atoms with Gasteiger partial charge in [-0.25, -0.2) is 4.98 Å². The zero-order valence-corrected chi connectivity index (χ0v) is 11.8. The molecule has 0 spiro atoms. The van der Waals surface area contributed by atoms with Crippen molar-refractivity contribution >= 4 is 27.7 Å². The minimum absolute atomic E-state index is 0.0947. The molecule has 0 radical (unpaired) electrons. The van der Waals surface area contributed by atoms with E-state index in [-0.39, 0.29) is 18.3 Å². The summed E-state index contributed by atoms with van der Waals surface area (Å²) in [6.07, 6.45) is -3.00. The number of nitrogens with one attached hydrogen (secondary N) is 1. The fraction of sp³-hybridized carbons (Fsp3) is 0.600. The molecule has 0 aliphatic heterocycles. The highest BCUT2D eigenvalue weighted by atomic mass is 79.9. The number of anilines is 2. The molecule has 1 heterocycles. The molecule has 0 atom stereocenters. The molecule has 0 aromatic carbocycles. The quantitative estimate of drug-likeness (QED) is 0.828. The van der Waals surface area contributed by atoms with E-state index < -0.39 is 19.3 Å². The molecule has 0 fully saturated rings. The van der Waals surface area contributed by atoms with Crippen molar-refractivity contribution in [2.24, 2.45) is 0 Å². The first-order valence-electron chi connectivity index (χ1n) is 5.56. The van der Waals surface area contributed by atoms with Crippen LogP contribution in [0, 0.1) is 0 Å². The highest BCUT2D eigenvalue weighted by molar-refractivity contribution is 9.10. The van der Waals surface area contributed by atoms with Crippen molar-refractivity contribution in [3.8, 4) is 0 Å². The normalized spacial score (nSPS) is 11.5. The van der Waals surface area contributed by atoms with Crippen LogP contribution >= 0.6 is 15.9 Å². The maximum atomic E-state index is 12.5. The topological polar surface area (TPSA) is 61.3 Å². The Morgan fingerprint density at radius 2 is 2.16 bits per heavy atom. The zero-order chi connectivity index (χ0) is 14.5. The van der Waals surface area contributed by atoms with Crippen molar-refractivity contribution in [1.29, 1.82) is 0 Å². The van der Waals surface area contributed by atoms with Crippen LogP contribution in [0.1, 0.15) is 6.92 Å². The van der Waals surface area contributed by atoms with Gasteiger partial charge in [0.25, 0.3) is 0 Å². The molecule has 0 unspecified atom stereocenters. The summed E-state index contributed by atoms with van der Waals surface area (Å²) in [6, 6.07) is 0. The van der Waals surface area contributed by atoms with Gasteiger partial charge in [-0.1, -0.05) is 0 Å². The zero-order valence-electron chi connectivity index (χ0n) is 10.2. The van der Waals surface area contributed by atoms with Gasteiger partial charge in [-0.2, -0.15) is 18.2 Å². The van der Waals surface area contributed by atoms with Crippen LogP contribution in [0.5, 0.6) is 0 Å². The van der Waals surface area contributed by atoms with Crippen LogP contribution in [0.3, 0.4) is 0 Å². The van der Waals surface area contributed by atoms with Crippen molar-refractivity contribution in [3.63, 3.8) is 0 Å².